The van der Waals surface area contributed by atoms with E-state index < -0.39 is 5.63 Å². The van der Waals surface area contributed by atoms with E-state index in [0.29, 0.717) is 29.9 Å². The number of rotatable bonds is 4. The smallest absolute Gasteiger partial charge is 0.355 e. The van der Waals surface area contributed by atoms with Crippen LogP contribution in [0.15, 0.2) is 27.4 Å². The van der Waals surface area contributed by atoms with Crippen LogP contribution in [0.5, 0.6) is 5.75 Å². The number of benzene rings is 1. The van der Waals surface area contributed by atoms with Crippen molar-refractivity contribution in [1.29, 1.82) is 0 Å². The summed E-state index contributed by atoms with van der Waals surface area (Å²) in [4.78, 5) is 11.5. The second-order valence-electron chi connectivity index (χ2n) is 3.91. The zero-order chi connectivity index (χ0) is 13.1. The van der Waals surface area contributed by atoms with Gasteiger partial charge in [-0.25, -0.2) is 4.79 Å². The highest BCUT2D eigenvalue weighted by Gasteiger charge is 2.09. The van der Waals surface area contributed by atoms with Gasteiger partial charge in [-0.15, -0.1) is 0 Å². The second kappa shape index (κ2) is 5.42. The number of hydrogen-bond acceptors (Lipinski definition) is 4. The van der Waals surface area contributed by atoms with Crippen molar-refractivity contribution in [3.8, 4) is 5.75 Å². The molecule has 0 bridgehead atoms. The number of aryl methyl sites for hydroxylation is 1. The van der Waals surface area contributed by atoms with Gasteiger partial charge in [0.2, 0.25) is 0 Å². The predicted octanol–water partition coefficient (Wildman–Crippen LogP) is 2.52. The molecule has 0 amide bonds. The maximum Gasteiger partial charge on any atom is 0.355 e. The first-order valence-electron chi connectivity index (χ1n) is 5.60. The molecule has 0 aliphatic carbocycles. The topological polar surface area (TPSA) is 59.7 Å². The zero-order valence-corrected chi connectivity index (χ0v) is 10.7. The largest absolute Gasteiger partial charge is 0.493 e. The van der Waals surface area contributed by atoms with E-state index in [1.807, 2.05) is 0 Å². The second-order valence-corrected chi connectivity index (χ2v) is 4.29. The third-order valence-corrected chi connectivity index (χ3v) is 3.08. The Kier molecular flexibility index (Phi) is 3.89. The Balaban J connectivity index is 2.40. The molecule has 0 unspecified atom stereocenters. The summed E-state index contributed by atoms with van der Waals surface area (Å²) in [5.74, 6) is 0.598. The van der Waals surface area contributed by atoms with Gasteiger partial charge in [0, 0.05) is 24.5 Å². The van der Waals surface area contributed by atoms with Crippen molar-refractivity contribution in [1.82, 2.24) is 0 Å². The van der Waals surface area contributed by atoms with Gasteiger partial charge in [-0.1, -0.05) is 11.6 Å². The van der Waals surface area contributed by atoms with E-state index in [9.17, 15) is 4.79 Å². The van der Waals surface area contributed by atoms with Crippen molar-refractivity contribution >= 4 is 22.6 Å². The number of hydrogen-bond donors (Lipinski definition) is 1. The molecule has 0 saturated carbocycles. The fraction of sp³-hybridized carbons (Fsp3) is 0.308. The fourth-order valence-electron chi connectivity index (χ4n) is 1.66. The first kappa shape index (κ1) is 12.9. The maximum atomic E-state index is 11.5. The molecule has 18 heavy (non-hydrogen) atoms. The van der Waals surface area contributed by atoms with Crippen LogP contribution in [0.3, 0.4) is 0 Å². The number of fused-ring (bicyclic) bond motifs is 1. The summed E-state index contributed by atoms with van der Waals surface area (Å²) in [6.07, 6.45) is 0.557. The quantitative estimate of drug-likeness (QED) is 0.684. The number of aliphatic hydroxyl groups is 1. The van der Waals surface area contributed by atoms with Crippen LogP contribution in [0.4, 0.5) is 0 Å². The van der Waals surface area contributed by atoms with Crippen LogP contribution in [-0.2, 0) is 0 Å². The molecular formula is C13H13ClO4. The average Bonchev–Trinajstić information content (AvgIpc) is 2.36. The van der Waals surface area contributed by atoms with Crippen molar-refractivity contribution < 1.29 is 14.3 Å². The highest BCUT2D eigenvalue weighted by molar-refractivity contribution is 6.31. The molecule has 0 spiro atoms. The van der Waals surface area contributed by atoms with Gasteiger partial charge < -0.3 is 14.3 Å². The lowest BCUT2D eigenvalue weighted by atomic mass is 10.1. The standard InChI is InChI=1S/C13H13ClO4/c1-8-10-4-3-9(17-6-2-5-15)7-11(10)18-13(16)12(8)14/h3-4,7,15H,2,5-6H2,1H3. The summed E-state index contributed by atoms with van der Waals surface area (Å²) in [5.41, 5.74) is 0.599. The molecule has 1 heterocycles. The maximum absolute atomic E-state index is 11.5. The van der Waals surface area contributed by atoms with Gasteiger partial charge in [0.1, 0.15) is 16.4 Å². The molecule has 2 aromatic rings. The molecule has 2 rings (SSSR count). The fourth-order valence-corrected chi connectivity index (χ4v) is 1.80. The highest BCUT2D eigenvalue weighted by atomic mass is 35.5. The van der Waals surface area contributed by atoms with Crippen molar-refractivity contribution in [2.45, 2.75) is 13.3 Å². The molecule has 5 heteroatoms. The van der Waals surface area contributed by atoms with Crippen LogP contribution in [0.25, 0.3) is 11.0 Å². The van der Waals surface area contributed by atoms with Gasteiger partial charge in [0.25, 0.3) is 0 Å². The van der Waals surface area contributed by atoms with Crippen LogP contribution >= 0.6 is 11.6 Å². The molecule has 0 aliphatic heterocycles. The molecule has 0 atom stereocenters. The Morgan fingerprint density at radius 3 is 2.94 bits per heavy atom. The van der Waals surface area contributed by atoms with E-state index in [2.05, 4.69) is 0 Å². The Morgan fingerprint density at radius 1 is 1.44 bits per heavy atom. The molecular weight excluding hydrogens is 256 g/mol. The lowest BCUT2D eigenvalue weighted by Gasteiger charge is -2.07. The van der Waals surface area contributed by atoms with E-state index in [1.54, 1.807) is 25.1 Å². The molecule has 0 radical (unpaired) electrons. The van der Waals surface area contributed by atoms with Crippen LogP contribution < -0.4 is 10.4 Å². The normalized spacial score (nSPS) is 10.8. The molecule has 0 saturated heterocycles. The first-order valence-corrected chi connectivity index (χ1v) is 5.98. The van der Waals surface area contributed by atoms with Gasteiger partial charge in [-0.05, 0) is 24.6 Å². The lowest BCUT2D eigenvalue weighted by Crippen LogP contribution is -2.03. The summed E-state index contributed by atoms with van der Waals surface area (Å²) < 4.78 is 10.5. The van der Waals surface area contributed by atoms with Crippen LogP contribution in [0.1, 0.15) is 12.0 Å². The Labute approximate surface area is 109 Å². The number of halogens is 1. The Hall–Kier alpha value is -1.52. The summed E-state index contributed by atoms with van der Waals surface area (Å²) in [6, 6.07) is 5.23. The highest BCUT2D eigenvalue weighted by Crippen LogP contribution is 2.25. The van der Waals surface area contributed by atoms with Crippen molar-refractivity contribution in [2.24, 2.45) is 0 Å². The van der Waals surface area contributed by atoms with Gasteiger partial charge in [0.05, 0.1) is 6.61 Å². The minimum Gasteiger partial charge on any atom is -0.493 e. The van der Waals surface area contributed by atoms with Crippen LogP contribution in [0.2, 0.25) is 5.02 Å². The van der Waals surface area contributed by atoms with E-state index in [0.717, 1.165) is 5.39 Å². The molecule has 1 aromatic heterocycles. The summed E-state index contributed by atoms with van der Waals surface area (Å²) in [6.45, 7) is 2.27. The predicted molar refractivity (Wildman–Crippen MR) is 69.4 cm³/mol. The van der Waals surface area contributed by atoms with E-state index in [1.165, 1.54) is 0 Å². The Bertz CT molecular complexity index is 618. The molecule has 0 aliphatic rings. The van der Waals surface area contributed by atoms with Gasteiger partial charge in [-0.2, -0.15) is 0 Å². The first-order chi connectivity index (χ1) is 8.63. The van der Waals surface area contributed by atoms with Crippen LogP contribution in [-0.4, -0.2) is 18.3 Å². The average molecular weight is 269 g/mol. The SMILES string of the molecule is Cc1c(Cl)c(=O)oc2cc(OCCCO)ccc12. The third kappa shape index (κ3) is 2.49. The Morgan fingerprint density at radius 2 is 2.22 bits per heavy atom. The number of aliphatic hydroxyl groups excluding tert-OH is 1. The molecule has 4 nitrogen and oxygen atoms in total. The van der Waals surface area contributed by atoms with Crippen molar-refractivity contribution in [2.75, 3.05) is 13.2 Å². The lowest BCUT2D eigenvalue weighted by molar-refractivity contribution is 0.233. The monoisotopic (exact) mass is 268 g/mol. The summed E-state index contributed by atoms with van der Waals surface area (Å²) in [5, 5.41) is 9.56. The molecule has 1 N–H and O–H groups in total. The van der Waals surface area contributed by atoms with Crippen molar-refractivity contribution in [3.63, 3.8) is 0 Å². The van der Waals surface area contributed by atoms with Gasteiger partial charge >= 0.3 is 5.63 Å². The minimum atomic E-state index is -0.547. The van der Waals surface area contributed by atoms with Crippen molar-refractivity contribution in [3.05, 3.63) is 39.2 Å². The van der Waals surface area contributed by atoms with Gasteiger partial charge in [0.15, 0.2) is 0 Å². The van der Waals surface area contributed by atoms with E-state index in [-0.39, 0.29) is 11.6 Å². The molecule has 1 aromatic carbocycles. The summed E-state index contributed by atoms with van der Waals surface area (Å²) in [7, 11) is 0. The van der Waals surface area contributed by atoms with Gasteiger partial charge in [-0.3, -0.25) is 0 Å². The number of ether oxygens (including phenoxy) is 1. The molecule has 96 valence electrons. The zero-order valence-electron chi connectivity index (χ0n) is 9.90. The third-order valence-electron chi connectivity index (χ3n) is 2.64. The minimum absolute atomic E-state index is 0.0807. The summed E-state index contributed by atoms with van der Waals surface area (Å²) >= 11 is 5.83. The molecule has 0 fully saturated rings. The van der Waals surface area contributed by atoms with E-state index in [4.69, 9.17) is 25.9 Å². The van der Waals surface area contributed by atoms with E-state index >= 15 is 0 Å². The van der Waals surface area contributed by atoms with Crippen LogP contribution in [0, 0.1) is 6.92 Å².